The molecule has 0 bridgehead atoms. The number of unbranched alkanes of at least 4 members (excludes halogenated alkanes) is 26. The molecule has 6 heteroatoms. The highest BCUT2D eigenvalue weighted by Crippen LogP contribution is 2.18. The molecule has 0 aliphatic heterocycles. The lowest BCUT2D eigenvalue weighted by Crippen LogP contribution is -2.30. The molecule has 6 nitrogen and oxygen atoms in total. The Morgan fingerprint density at radius 3 is 0.912 bits per heavy atom. The summed E-state index contributed by atoms with van der Waals surface area (Å²) in [6, 6.07) is 0. The van der Waals surface area contributed by atoms with E-state index in [0.29, 0.717) is 19.3 Å². The van der Waals surface area contributed by atoms with Gasteiger partial charge in [-0.05, 0) is 37.0 Å². The molecule has 0 aliphatic carbocycles. The molecule has 0 rings (SSSR count). The first-order valence-electron chi connectivity index (χ1n) is 25.1. The molecule has 0 spiro atoms. The van der Waals surface area contributed by atoms with Crippen LogP contribution in [0, 0.1) is 17.8 Å². The summed E-state index contributed by atoms with van der Waals surface area (Å²) in [5, 5.41) is 0. The van der Waals surface area contributed by atoms with E-state index in [-0.39, 0.29) is 31.1 Å². The van der Waals surface area contributed by atoms with Crippen LogP contribution in [0.15, 0.2) is 0 Å². The second kappa shape index (κ2) is 42.5. The smallest absolute Gasteiger partial charge is 0.306 e. The van der Waals surface area contributed by atoms with Crippen molar-refractivity contribution in [1.29, 1.82) is 0 Å². The highest BCUT2D eigenvalue weighted by Gasteiger charge is 2.19. The molecule has 0 heterocycles. The van der Waals surface area contributed by atoms with Gasteiger partial charge in [-0.2, -0.15) is 0 Å². The average molecular weight is 807 g/mol. The van der Waals surface area contributed by atoms with E-state index in [4.69, 9.17) is 14.2 Å². The number of carbonyl (C=O) groups is 3. The Morgan fingerprint density at radius 1 is 0.351 bits per heavy atom. The zero-order valence-corrected chi connectivity index (χ0v) is 39.1. The molecule has 0 aliphatic rings. The van der Waals surface area contributed by atoms with E-state index >= 15 is 0 Å². The van der Waals surface area contributed by atoms with Gasteiger partial charge in [-0.15, -0.1) is 0 Å². The van der Waals surface area contributed by atoms with Crippen LogP contribution in [0.4, 0.5) is 0 Å². The molecular formula is C51H98O6. The zero-order valence-electron chi connectivity index (χ0n) is 39.1. The SMILES string of the molecule is CCC(C)CCCCCCCCC(=O)OC[C@H](COC(=O)CCCCCCCCCCCCC(C)C)OC(=O)CCCCCCCCCCCCCCCC(C)C. The quantitative estimate of drug-likeness (QED) is 0.0347. The van der Waals surface area contributed by atoms with Crippen LogP contribution < -0.4 is 0 Å². The van der Waals surface area contributed by atoms with Crippen molar-refractivity contribution in [1.82, 2.24) is 0 Å². The van der Waals surface area contributed by atoms with Crippen LogP contribution in [0.5, 0.6) is 0 Å². The standard InChI is InChI=1S/C51H98O6/c1-7-47(6)39-33-27-23-24-29-35-41-50(53)56-44-48(43-55-49(52)40-34-28-21-17-14-13-16-20-26-32-38-46(4)5)57-51(54)42-36-30-22-18-12-10-8-9-11-15-19-25-31-37-45(2)3/h45-48H,7-44H2,1-6H3/t47?,48-/m0/s1. The minimum absolute atomic E-state index is 0.0657. The third-order valence-corrected chi connectivity index (χ3v) is 11.8. The number of ether oxygens (including phenoxy) is 3. The lowest BCUT2D eigenvalue weighted by Gasteiger charge is -2.18. The molecule has 338 valence electrons. The molecule has 0 aromatic rings. The topological polar surface area (TPSA) is 78.9 Å². The minimum atomic E-state index is -0.763. The molecule has 0 saturated heterocycles. The normalized spacial score (nSPS) is 12.6. The van der Waals surface area contributed by atoms with Crippen LogP contribution in [0.2, 0.25) is 0 Å². The van der Waals surface area contributed by atoms with E-state index in [1.165, 1.54) is 154 Å². The summed E-state index contributed by atoms with van der Waals surface area (Å²) in [5.74, 6) is 1.61. The van der Waals surface area contributed by atoms with Crippen molar-refractivity contribution in [2.45, 2.75) is 279 Å². The van der Waals surface area contributed by atoms with Crippen LogP contribution >= 0.6 is 0 Å². The van der Waals surface area contributed by atoms with Gasteiger partial charge in [0.05, 0.1) is 0 Å². The van der Waals surface area contributed by atoms with Gasteiger partial charge in [-0.3, -0.25) is 14.4 Å². The Kier molecular flexibility index (Phi) is 41.3. The summed E-state index contributed by atoms with van der Waals surface area (Å²) in [6.07, 6.45) is 40.9. The highest BCUT2D eigenvalue weighted by molar-refractivity contribution is 5.71. The zero-order chi connectivity index (χ0) is 42.0. The molecule has 0 fully saturated rings. The van der Waals surface area contributed by atoms with E-state index in [2.05, 4.69) is 41.5 Å². The monoisotopic (exact) mass is 807 g/mol. The Balaban J connectivity index is 4.32. The van der Waals surface area contributed by atoms with Gasteiger partial charge in [0.25, 0.3) is 0 Å². The average Bonchev–Trinajstić information content (AvgIpc) is 3.18. The molecule has 0 saturated carbocycles. The summed E-state index contributed by atoms with van der Waals surface area (Å²) in [6.45, 7) is 13.7. The van der Waals surface area contributed by atoms with Crippen molar-refractivity contribution in [3.8, 4) is 0 Å². The molecule has 0 aromatic carbocycles. The van der Waals surface area contributed by atoms with Gasteiger partial charge in [-0.25, -0.2) is 0 Å². The fraction of sp³-hybridized carbons (Fsp3) is 0.941. The third-order valence-electron chi connectivity index (χ3n) is 11.8. The number of hydrogen-bond donors (Lipinski definition) is 0. The van der Waals surface area contributed by atoms with E-state index in [9.17, 15) is 14.4 Å². The fourth-order valence-corrected chi connectivity index (χ4v) is 7.55. The van der Waals surface area contributed by atoms with Crippen LogP contribution in [0.3, 0.4) is 0 Å². The Morgan fingerprint density at radius 2 is 0.614 bits per heavy atom. The van der Waals surface area contributed by atoms with E-state index in [1.54, 1.807) is 0 Å². The molecule has 2 atom stereocenters. The fourth-order valence-electron chi connectivity index (χ4n) is 7.55. The number of carbonyl (C=O) groups excluding carboxylic acids is 3. The van der Waals surface area contributed by atoms with Crippen LogP contribution in [-0.4, -0.2) is 37.2 Å². The summed E-state index contributed by atoms with van der Waals surface area (Å²) in [4.78, 5) is 37.9. The Bertz CT molecular complexity index is 885. The molecule has 0 N–H and O–H groups in total. The predicted molar refractivity (Wildman–Crippen MR) is 243 cm³/mol. The van der Waals surface area contributed by atoms with Crippen molar-refractivity contribution in [2.24, 2.45) is 17.8 Å². The molecule has 1 unspecified atom stereocenters. The summed E-state index contributed by atoms with van der Waals surface area (Å²) < 4.78 is 16.8. The van der Waals surface area contributed by atoms with Crippen LogP contribution in [0.1, 0.15) is 273 Å². The van der Waals surface area contributed by atoms with Gasteiger partial charge in [0.1, 0.15) is 13.2 Å². The number of esters is 3. The van der Waals surface area contributed by atoms with Gasteiger partial charge >= 0.3 is 17.9 Å². The van der Waals surface area contributed by atoms with Crippen molar-refractivity contribution >= 4 is 17.9 Å². The van der Waals surface area contributed by atoms with Crippen LogP contribution in [-0.2, 0) is 28.6 Å². The van der Waals surface area contributed by atoms with Crippen molar-refractivity contribution in [2.75, 3.05) is 13.2 Å². The first-order valence-corrected chi connectivity index (χ1v) is 25.1. The van der Waals surface area contributed by atoms with Gasteiger partial charge in [0, 0.05) is 19.3 Å². The second-order valence-electron chi connectivity index (χ2n) is 18.6. The van der Waals surface area contributed by atoms with Gasteiger partial charge in [0.15, 0.2) is 6.10 Å². The summed E-state index contributed by atoms with van der Waals surface area (Å²) in [5.41, 5.74) is 0. The second-order valence-corrected chi connectivity index (χ2v) is 18.6. The molecule has 57 heavy (non-hydrogen) atoms. The van der Waals surface area contributed by atoms with Crippen molar-refractivity contribution in [3.63, 3.8) is 0 Å². The Labute approximate surface area is 355 Å². The maximum absolute atomic E-state index is 12.8. The molecular weight excluding hydrogens is 709 g/mol. The van der Waals surface area contributed by atoms with Gasteiger partial charge < -0.3 is 14.2 Å². The molecule has 0 aromatic heterocycles. The molecule has 0 radical (unpaired) electrons. The lowest BCUT2D eigenvalue weighted by molar-refractivity contribution is -0.167. The maximum atomic E-state index is 12.8. The number of hydrogen-bond acceptors (Lipinski definition) is 6. The molecule has 0 amide bonds. The van der Waals surface area contributed by atoms with E-state index in [1.807, 2.05) is 0 Å². The minimum Gasteiger partial charge on any atom is -0.462 e. The first kappa shape index (κ1) is 55.4. The predicted octanol–water partition coefficient (Wildman–Crippen LogP) is 16.0. The van der Waals surface area contributed by atoms with E-state index < -0.39 is 6.10 Å². The summed E-state index contributed by atoms with van der Waals surface area (Å²) >= 11 is 0. The van der Waals surface area contributed by atoms with Gasteiger partial charge in [-0.1, -0.05) is 234 Å². The van der Waals surface area contributed by atoms with Gasteiger partial charge in [0.2, 0.25) is 0 Å². The lowest BCUT2D eigenvalue weighted by atomic mass is 10.00. The van der Waals surface area contributed by atoms with E-state index in [0.717, 1.165) is 75.5 Å². The van der Waals surface area contributed by atoms with Crippen molar-refractivity contribution in [3.05, 3.63) is 0 Å². The Hall–Kier alpha value is -1.59. The highest BCUT2D eigenvalue weighted by atomic mass is 16.6. The summed E-state index contributed by atoms with van der Waals surface area (Å²) in [7, 11) is 0. The largest absolute Gasteiger partial charge is 0.462 e. The van der Waals surface area contributed by atoms with Crippen LogP contribution in [0.25, 0.3) is 0 Å². The van der Waals surface area contributed by atoms with Crippen molar-refractivity contribution < 1.29 is 28.6 Å². The maximum Gasteiger partial charge on any atom is 0.306 e. The third kappa shape index (κ3) is 43.8. The number of rotatable bonds is 44. The first-order chi connectivity index (χ1) is 27.6.